The number of rotatable bonds is 13. The van der Waals surface area contributed by atoms with Crippen LogP contribution >= 0.6 is 65.9 Å². The maximum atomic E-state index is 3.64. The molecular formula is C24H30Br2S3. The molecule has 3 aromatic rings. The van der Waals surface area contributed by atoms with Crippen LogP contribution in [0.15, 0.2) is 37.9 Å². The van der Waals surface area contributed by atoms with Gasteiger partial charge in [0.1, 0.15) is 0 Å². The predicted octanol–water partition coefficient (Wildman–Crippen LogP) is 11.2. The van der Waals surface area contributed by atoms with Crippen LogP contribution in [0.25, 0.3) is 19.5 Å². The van der Waals surface area contributed by atoms with Gasteiger partial charge in [0.25, 0.3) is 0 Å². The van der Waals surface area contributed by atoms with Gasteiger partial charge in [-0.05, 0) is 80.6 Å². The van der Waals surface area contributed by atoms with Gasteiger partial charge in [-0.2, -0.15) is 0 Å². The van der Waals surface area contributed by atoms with Gasteiger partial charge in [-0.25, -0.2) is 0 Å². The van der Waals surface area contributed by atoms with Crippen molar-refractivity contribution in [3.8, 4) is 19.5 Å². The largest absolute Gasteiger partial charge is 0.133 e. The fraction of sp³-hybridized carbons (Fsp3) is 0.500. The quantitative estimate of drug-likeness (QED) is 0.178. The topological polar surface area (TPSA) is 0 Å². The third kappa shape index (κ3) is 7.60. The first-order valence-corrected chi connectivity index (χ1v) is 14.8. The molecule has 3 heterocycles. The van der Waals surface area contributed by atoms with E-state index in [0.717, 1.165) is 0 Å². The number of hydrogen-bond acceptors (Lipinski definition) is 3. The number of thiophene rings is 3. The molecule has 0 saturated heterocycles. The van der Waals surface area contributed by atoms with E-state index in [9.17, 15) is 0 Å². The average Bonchev–Trinajstić information content (AvgIpc) is 3.43. The zero-order valence-electron chi connectivity index (χ0n) is 17.1. The lowest BCUT2D eigenvalue weighted by atomic mass is 10.0. The van der Waals surface area contributed by atoms with Gasteiger partial charge in [-0.1, -0.05) is 64.7 Å². The first-order valence-electron chi connectivity index (χ1n) is 10.8. The van der Waals surface area contributed by atoms with E-state index in [1.807, 2.05) is 34.0 Å². The van der Waals surface area contributed by atoms with E-state index in [2.05, 4.69) is 69.1 Å². The summed E-state index contributed by atoms with van der Waals surface area (Å²) in [5.41, 5.74) is 1.53. The molecule has 0 N–H and O–H groups in total. The van der Waals surface area contributed by atoms with Gasteiger partial charge in [-0.15, -0.1) is 34.0 Å². The normalized spacial score (nSPS) is 11.4. The van der Waals surface area contributed by atoms with Crippen molar-refractivity contribution in [1.29, 1.82) is 0 Å². The van der Waals surface area contributed by atoms with Crippen molar-refractivity contribution < 1.29 is 0 Å². The molecule has 0 saturated carbocycles. The molecule has 0 spiro atoms. The van der Waals surface area contributed by atoms with Crippen molar-refractivity contribution in [1.82, 2.24) is 0 Å². The molecule has 0 unspecified atom stereocenters. The van der Waals surface area contributed by atoms with Crippen molar-refractivity contribution in [2.75, 3.05) is 0 Å². The fourth-order valence-electron chi connectivity index (χ4n) is 3.63. The van der Waals surface area contributed by atoms with Crippen LogP contribution in [0.4, 0.5) is 0 Å². The predicted molar refractivity (Wildman–Crippen MR) is 142 cm³/mol. The molecule has 0 nitrogen and oxygen atoms in total. The second-order valence-electron chi connectivity index (χ2n) is 7.60. The van der Waals surface area contributed by atoms with Gasteiger partial charge in [0.05, 0.1) is 7.57 Å². The lowest BCUT2D eigenvalue weighted by Gasteiger charge is -2.04. The Morgan fingerprint density at radius 3 is 1.72 bits per heavy atom. The molecule has 158 valence electrons. The van der Waals surface area contributed by atoms with Crippen molar-refractivity contribution in [3.63, 3.8) is 0 Å². The van der Waals surface area contributed by atoms with E-state index in [0.29, 0.717) is 0 Å². The zero-order valence-corrected chi connectivity index (χ0v) is 22.8. The second kappa shape index (κ2) is 12.8. The van der Waals surface area contributed by atoms with Crippen molar-refractivity contribution >= 4 is 65.9 Å². The average molecular weight is 575 g/mol. The Labute approximate surface area is 205 Å². The summed E-state index contributed by atoms with van der Waals surface area (Å²) in [6.07, 6.45) is 15.1. The van der Waals surface area contributed by atoms with Crippen LogP contribution in [0.1, 0.15) is 76.7 Å². The summed E-state index contributed by atoms with van der Waals surface area (Å²) in [4.78, 5) is 5.64. The maximum Gasteiger partial charge on any atom is 0.0705 e. The van der Waals surface area contributed by atoms with Gasteiger partial charge in [0.2, 0.25) is 0 Å². The van der Waals surface area contributed by atoms with Crippen LogP contribution in [0.5, 0.6) is 0 Å². The molecule has 29 heavy (non-hydrogen) atoms. The van der Waals surface area contributed by atoms with Crippen molar-refractivity contribution in [2.45, 2.75) is 77.6 Å². The fourth-order valence-corrected chi connectivity index (χ4v) is 7.84. The molecule has 0 atom stereocenters. The Hall–Kier alpha value is 0.0600. The lowest BCUT2D eigenvalue weighted by Crippen LogP contribution is -1.86. The van der Waals surface area contributed by atoms with Gasteiger partial charge >= 0.3 is 0 Å². The summed E-state index contributed by atoms with van der Waals surface area (Å²) in [7, 11) is 0. The van der Waals surface area contributed by atoms with Crippen LogP contribution in [-0.2, 0) is 6.42 Å². The molecule has 3 aromatic heterocycles. The van der Waals surface area contributed by atoms with Crippen LogP contribution in [-0.4, -0.2) is 0 Å². The summed E-state index contributed by atoms with van der Waals surface area (Å²) < 4.78 is 2.42. The third-order valence-corrected chi connectivity index (χ3v) is 10.0. The summed E-state index contributed by atoms with van der Waals surface area (Å²) in [6, 6.07) is 11.3. The van der Waals surface area contributed by atoms with E-state index in [-0.39, 0.29) is 0 Å². The lowest BCUT2D eigenvalue weighted by molar-refractivity contribution is 0.556. The van der Waals surface area contributed by atoms with Crippen LogP contribution in [0.3, 0.4) is 0 Å². The van der Waals surface area contributed by atoms with Crippen LogP contribution in [0, 0.1) is 0 Å². The van der Waals surface area contributed by atoms with E-state index in [1.165, 1.54) is 103 Å². The number of unbranched alkanes of at least 4 members (excludes halogenated alkanes) is 9. The maximum absolute atomic E-state index is 3.64. The molecule has 0 aliphatic carbocycles. The smallest absolute Gasteiger partial charge is 0.0705 e. The van der Waals surface area contributed by atoms with E-state index >= 15 is 0 Å². The monoisotopic (exact) mass is 572 g/mol. The van der Waals surface area contributed by atoms with Gasteiger partial charge in [-0.3, -0.25) is 0 Å². The zero-order chi connectivity index (χ0) is 20.5. The SMILES string of the molecule is CCCCCCCCCCCCc1cc(-c2ccc(Br)s2)sc1-c1ccc(Br)s1. The minimum absolute atomic E-state index is 1.20. The minimum atomic E-state index is 1.20. The molecule has 0 radical (unpaired) electrons. The van der Waals surface area contributed by atoms with E-state index < -0.39 is 0 Å². The van der Waals surface area contributed by atoms with Crippen LogP contribution in [0.2, 0.25) is 0 Å². The Kier molecular flexibility index (Phi) is 10.5. The summed E-state index contributed by atoms with van der Waals surface area (Å²) in [5.74, 6) is 0. The van der Waals surface area contributed by atoms with Gasteiger partial charge in [0.15, 0.2) is 0 Å². The Morgan fingerprint density at radius 2 is 1.17 bits per heavy atom. The molecule has 5 heteroatoms. The number of hydrogen-bond donors (Lipinski definition) is 0. The minimum Gasteiger partial charge on any atom is -0.133 e. The van der Waals surface area contributed by atoms with Crippen LogP contribution < -0.4 is 0 Å². The molecule has 0 fully saturated rings. The summed E-state index contributed by atoms with van der Waals surface area (Å²) >= 11 is 12.9. The molecular weight excluding hydrogens is 544 g/mol. The highest BCUT2D eigenvalue weighted by Gasteiger charge is 2.15. The molecule has 3 rings (SSSR count). The highest BCUT2D eigenvalue weighted by atomic mass is 79.9. The van der Waals surface area contributed by atoms with E-state index in [4.69, 9.17) is 0 Å². The number of aryl methyl sites for hydroxylation is 1. The number of halogens is 2. The highest BCUT2D eigenvalue weighted by Crippen LogP contribution is 2.44. The summed E-state index contributed by atoms with van der Waals surface area (Å²) in [5, 5.41) is 0. The van der Waals surface area contributed by atoms with Crippen molar-refractivity contribution in [2.24, 2.45) is 0 Å². The molecule has 0 bridgehead atoms. The van der Waals surface area contributed by atoms with Crippen molar-refractivity contribution in [3.05, 3.63) is 43.5 Å². The summed E-state index contributed by atoms with van der Waals surface area (Å²) in [6.45, 7) is 2.29. The highest BCUT2D eigenvalue weighted by molar-refractivity contribution is 9.11. The molecule has 0 aliphatic heterocycles. The Morgan fingerprint density at radius 1 is 0.621 bits per heavy atom. The third-order valence-electron chi connectivity index (χ3n) is 5.22. The molecule has 0 aliphatic rings. The molecule has 0 amide bonds. The Bertz CT molecular complexity index is 859. The van der Waals surface area contributed by atoms with Gasteiger partial charge < -0.3 is 0 Å². The Balaban J connectivity index is 1.52. The van der Waals surface area contributed by atoms with E-state index in [1.54, 1.807) is 0 Å². The van der Waals surface area contributed by atoms with Gasteiger partial charge in [0, 0.05) is 19.5 Å². The molecule has 0 aromatic carbocycles. The second-order valence-corrected chi connectivity index (χ2v) is 13.6. The first-order chi connectivity index (χ1) is 14.2. The first kappa shape index (κ1) is 23.7. The standard InChI is InChI=1S/C24H30Br2S3/c1-2-3-4-5-6-7-8-9-10-11-12-18-17-21(19-13-15-22(25)27-19)29-24(18)20-14-16-23(26)28-20/h13-17H,2-12H2,1H3.